The van der Waals surface area contributed by atoms with E-state index in [0.29, 0.717) is 0 Å². The number of nitrogens with zero attached hydrogens (tertiary/aromatic N) is 2. The Labute approximate surface area is 71.8 Å². The Morgan fingerprint density at radius 2 is 1.60 bits per heavy atom. The molecule has 0 unspecified atom stereocenters. The molecule has 0 spiro atoms. The zero-order valence-corrected chi connectivity index (χ0v) is 8.03. The summed E-state index contributed by atoms with van der Waals surface area (Å²) < 4.78 is 2.30. The molecule has 0 N–H and O–H groups in total. The van der Waals surface area contributed by atoms with E-state index in [1.165, 1.54) is 26.2 Å². The summed E-state index contributed by atoms with van der Waals surface area (Å²) in [5.41, 5.74) is 0. The summed E-state index contributed by atoms with van der Waals surface area (Å²) in [7, 11) is 0. The number of piperazine rings is 1. The van der Waals surface area contributed by atoms with Crippen LogP contribution < -0.4 is 0 Å². The highest BCUT2D eigenvalue weighted by Gasteiger charge is 2.14. The highest BCUT2D eigenvalue weighted by atomic mass is 27.1. The Balaban J connectivity index is 2.26. The van der Waals surface area contributed by atoms with Gasteiger partial charge in [0.05, 0.1) is 0 Å². The second-order valence-corrected chi connectivity index (χ2v) is 3.90. The largest absolute Gasteiger partial charge is 0.400 e. The summed E-state index contributed by atoms with van der Waals surface area (Å²) in [5, 5.41) is 0. The van der Waals surface area contributed by atoms with Crippen LogP contribution in [0.5, 0.6) is 0 Å². The van der Waals surface area contributed by atoms with Gasteiger partial charge in [0, 0.05) is 19.1 Å². The Hall–Kier alpha value is 0.452. The molecule has 0 amide bonds. The SMILES string of the molecule is CC(C)N1CC[N]([Al])CC1. The third-order valence-electron chi connectivity index (χ3n) is 2.08. The fraction of sp³-hybridized carbons (Fsp3) is 1.00. The maximum atomic E-state index is 2.76. The summed E-state index contributed by atoms with van der Waals surface area (Å²) in [5.74, 6) is 0. The molecule has 1 rings (SSSR count). The minimum atomic E-state index is 0.721. The topological polar surface area (TPSA) is 6.48 Å². The number of rotatable bonds is 1. The van der Waals surface area contributed by atoms with Gasteiger partial charge in [-0.1, -0.05) is 0 Å². The van der Waals surface area contributed by atoms with E-state index < -0.39 is 0 Å². The van der Waals surface area contributed by atoms with Gasteiger partial charge in [-0.2, -0.15) is 0 Å². The van der Waals surface area contributed by atoms with Crippen molar-refractivity contribution in [3.05, 3.63) is 0 Å². The Kier molecular flexibility index (Phi) is 3.19. The average Bonchev–Trinajstić information content (AvgIpc) is 1.88. The van der Waals surface area contributed by atoms with Gasteiger partial charge in [-0.3, -0.25) is 4.90 Å². The maximum absolute atomic E-state index is 2.76. The molecule has 10 heavy (non-hydrogen) atoms. The molecule has 0 bridgehead atoms. The first-order valence-corrected chi connectivity index (χ1v) is 4.45. The molecule has 1 aliphatic rings. The number of hydrogen-bond acceptors (Lipinski definition) is 2. The molecule has 2 radical (unpaired) electrons. The molecule has 0 aromatic carbocycles. The van der Waals surface area contributed by atoms with E-state index in [4.69, 9.17) is 0 Å². The minimum Gasteiger partial charge on any atom is -0.400 e. The van der Waals surface area contributed by atoms with E-state index in [2.05, 4.69) is 39.1 Å². The van der Waals surface area contributed by atoms with Crippen LogP contribution in [0.15, 0.2) is 0 Å². The van der Waals surface area contributed by atoms with Gasteiger partial charge in [0.1, 0.15) is 0 Å². The van der Waals surface area contributed by atoms with Crippen molar-refractivity contribution in [3.63, 3.8) is 0 Å². The third-order valence-corrected chi connectivity index (χ3v) is 2.60. The molecule has 1 heterocycles. The van der Waals surface area contributed by atoms with Crippen LogP contribution in [0.4, 0.5) is 0 Å². The molecular weight excluding hydrogens is 139 g/mol. The lowest BCUT2D eigenvalue weighted by Crippen LogP contribution is -2.47. The zero-order valence-electron chi connectivity index (χ0n) is 6.88. The van der Waals surface area contributed by atoms with E-state index in [1.54, 1.807) is 0 Å². The van der Waals surface area contributed by atoms with Gasteiger partial charge in [-0.15, -0.1) is 0 Å². The van der Waals surface area contributed by atoms with Crippen molar-refractivity contribution < 1.29 is 0 Å². The van der Waals surface area contributed by atoms with Gasteiger partial charge >= 0.3 is 0 Å². The van der Waals surface area contributed by atoms with E-state index in [9.17, 15) is 0 Å². The molecule has 1 aliphatic heterocycles. The van der Waals surface area contributed by atoms with Crippen LogP contribution >= 0.6 is 0 Å². The standard InChI is InChI=1S/C7H15N2.Al/c1-7(2)9-5-3-8-4-6-9;/h7H,3-6H2,1-2H3;/q-1;+1. The van der Waals surface area contributed by atoms with Gasteiger partial charge in [0.2, 0.25) is 0 Å². The summed E-state index contributed by atoms with van der Waals surface area (Å²) in [6.07, 6.45) is 0. The average molecular weight is 154 g/mol. The number of hydrogen-bond donors (Lipinski definition) is 0. The van der Waals surface area contributed by atoms with Gasteiger partial charge in [0.15, 0.2) is 0 Å². The van der Waals surface area contributed by atoms with Crippen molar-refractivity contribution in [1.29, 1.82) is 0 Å². The van der Waals surface area contributed by atoms with Crippen LogP contribution in [0.1, 0.15) is 13.8 Å². The lowest BCUT2D eigenvalue weighted by atomic mass is 10.3. The predicted molar refractivity (Wildman–Crippen MR) is 44.0 cm³/mol. The molecule has 1 saturated heterocycles. The van der Waals surface area contributed by atoms with Crippen molar-refractivity contribution in [3.8, 4) is 0 Å². The first-order chi connectivity index (χ1) is 4.70. The summed E-state index contributed by atoms with van der Waals surface area (Å²) in [6.45, 7) is 9.37. The lowest BCUT2D eigenvalue weighted by Gasteiger charge is -2.36. The predicted octanol–water partition coefficient (Wildman–Crippen LogP) is 0.0959. The maximum Gasteiger partial charge on any atom is 0.256 e. The van der Waals surface area contributed by atoms with Gasteiger partial charge in [-0.25, -0.2) is 0 Å². The summed E-state index contributed by atoms with van der Waals surface area (Å²) >= 11 is 2.76. The van der Waals surface area contributed by atoms with Crippen LogP contribution in [0.3, 0.4) is 0 Å². The quantitative estimate of drug-likeness (QED) is 0.494. The van der Waals surface area contributed by atoms with Crippen molar-refractivity contribution in [1.82, 2.24) is 8.78 Å². The van der Waals surface area contributed by atoms with Crippen molar-refractivity contribution >= 4 is 16.5 Å². The van der Waals surface area contributed by atoms with Crippen LogP contribution in [0.25, 0.3) is 0 Å². The lowest BCUT2D eigenvalue weighted by molar-refractivity contribution is 0.156. The smallest absolute Gasteiger partial charge is 0.256 e. The van der Waals surface area contributed by atoms with E-state index in [1.807, 2.05) is 0 Å². The molecule has 0 saturated carbocycles. The molecule has 0 aromatic heterocycles. The van der Waals surface area contributed by atoms with Gasteiger partial charge in [0.25, 0.3) is 16.5 Å². The van der Waals surface area contributed by atoms with Crippen LogP contribution in [0, 0.1) is 0 Å². The van der Waals surface area contributed by atoms with Crippen molar-refractivity contribution in [2.45, 2.75) is 19.9 Å². The second kappa shape index (κ2) is 3.73. The molecule has 0 atom stereocenters. The monoisotopic (exact) mass is 154 g/mol. The first-order valence-electron chi connectivity index (χ1n) is 3.94. The summed E-state index contributed by atoms with van der Waals surface area (Å²) in [6, 6.07) is 0.721. The fourth-order valence-electron chi connectivity index (χ4n) is 1.25. The van der Waals surface area contributed by atoms with E-state index >= 15 is 0 Å². The molecule has 0 aromatic rings. The molecular formula is C7H15AlN2. The Morgan fingerprint density at radius 3 is 2.00 bits per heavy atom. The van der Waals surface area contributed by atoms with Crippen molar-refractivity contribution in [2.75, 3.05) is 26.2 Å². The molecule has 56 valence electrons. The zero-order chi connectivity index (χ0) is 7.56. The van der Waals surface area contributed by atoms with Gasteiger partial charge in [-0.05, 0) is 26.9 Å². The molecule has 0 aliphatic carbocycles. The van der Waals surface area contributed by atoms with Crippen LogP contribution in [-0.2, 0) is 0 Å². The van der Waals surface area contributed by atoms with Crippen molar-refractivity contribution in [2.24, 2.45) is 0 Å². The normalized spacial score (nSPS) is 23.9. The molecule has 1 fully saturated rings. The molecule has 3 heteroatoms. The van der Waals surface area contributed by atoms with Crippen LogP contribution in [-0.4, -0.2) is 57.5 Å². The Bertz CT molecular complexity index is 97.8. The van der Waals surface area contributed by atoms with E-state index in [-0.39, 0.29) is 0 Å². The highest BCUT2D eigenvalue weighted by molar-refractivity contribution is 6.04. The van der Waals surface area contributed by atoms with Gasteiger partial charge < -0.3 is 3.88 Å². The molecule has 2 nitrogen and oxygen atoms in total. The van der Waals surface area contributed by atoms with E-state index in [0.717, 1.165) is 6.04 Å². The summed E-state index contributed by atoms with van der Waals surface area (Å²) in [4.78, 5) is 2.51. The van der Waals surface area contributed by atoms with Crippen LogP contribution in [0.2, 0.25) is 0 Å². The first kappa shape index (κ1) is 8.55. The Morgan fingerprint density at radius 1 is 1.10 bits per heavy atom. The fourth-order valence-corrected chi connectivity index (χ4v) is 1.48. The third kappa shape index (κ3) is 2.25. The highest BCUT2D eigenvalue weighted by Crippen LogP contribution is 2.02. The second-order valence-electron chi connectivity index (χ2n) is 3.17. The minimum absolute atomic E-state index is 0.721.